The lowest BCUT2D eigenvalue weighted by atomic mass is 10.1. The van der Waals surface area contributed by atoms with Gasteiger partial charge in [0.15, 0.2) is 5.43 Å². The smallest absolute Gasteiger partial charge is 0.196 e. The van der Waals surface area contributed by atoms with Crippen LogP contribution in [-0.4, -0.2) is 7.11 Å². The van der Waals surface area contributed by atoms with Gasteiger partial charge in [-0.15, -0.1) is 0 Å². The molecule has 3 nitrogen and oxygen atoms in total. The summed E-state index contributed by atoms with van der Waals surface area (Å²) >= 11 is 0. The molecule has 3 aromatic rings. The van der Waals surface area contributed by atoms with Crippen LogP contribution in [0.4, 0.5) is 0 Å². The van der Waals surface area contributed by atoms with Gasteiger partial charge in [-0.25, -0.2) is 0 Å². The standard InChI is InChI=1S/C20H16O3/c1-22-15-8-10-18-17(12-15)19(21)16-9-7-14(20(16)23-18)11-13-5-3-2-4-6-13/h2-6,8,10-12H,7,9H2,1H3/b14-11+. The van der Waals surface area contributed by atoms with Crippen LogP contribution in [0.1, 0.15) is 23.3 Å². The monoisotopic (exact) mass is 304 g/mol. The summed E-state index contributed by atoms with van der Waals surface area (Å²) in [4.78, 5) is 12.7. The SMILES string of the molecule is COc1ccc2oc3c(c(=O)c2c1)CC/C3=C\c1ccccc1. The molecule has 1 aliphatic rings. The number of fused-ring (bicyclic) bond motifs is 2. The lowest BCUT2D eigenvalue weighted by molar-refractivity contribution is 0.415. The number of allylic oxidation sites excluding steroid dienone is 1. The third-order valence-electron chi connectivity index (χ3n) is 4.27. The van der Waals surface area contributed by atoms with Crippen LogP contribution >= 0.6 is 0 Å². The molecule has 0 fully saturated rings. The lowest BCUT2D eigenvalue weighted by Crippen LogP contribution is -2.08. The predicted molar refractivity (Wildman–Crippen MR) is 91.7 cm³/mol. The Hall–Kier alpha value is -2.81. The van der Waals surface area contributed by atoms with Crippen molar-refractivity contribution in [3.8, 4) is 5.75 Å². The molecule has 0 saturated heterocycles. The van der Waals surface area contributed by atoms with E-state index in [1.807, 2.05) is 24.3 Å². The van der Waals surface area contributed by atoms with Crippen LogP contribution in [0, 0.1) is 0 Å². The van der Waals surface area contributed by atoms with Crippen LogP contribution in [0.2, 0.25) is 0 Å². The summed E-state index contributed by atoms with van der Waals surface area (Å²) in [6.45, 7) is 0. The fourth-order valence-electron chi connectivity index (χ4n) is 3.09. The fraction of sp³-hybridized carbons (Fsp3) is 0.150. The van der Waals surface area contributed by atoms with Crippen molar-refractivity contribution in [3.63, 3.8) is 0 Å². The molecule has 3 heteroatoms. The van der Waals surface area contributed by atoms with Crippen molar-refractivity contribution in [2.45, 2.75) is 12.8 Å². The van der Waals surface area contributed by atoms with E-state index in [1.54, 1.807) is 19.2 Å². The van der Waals surface area contributed by atoms with Gasteiger partial charge in [-0.05, 0) is 48.3 Å². The molecule has 0 bridgehead atoms. The minimum atomic E-state index is 0.0524. The Morgan fingerprint density at radius 1 is 1.09 bits per heavy atom. The molecule has 2 aromatic carbocycles. The van der Waals surface area contributed by atoms with E-state index in [-0.39, 0.29) is 5.43 Å². The van der Waals surface area contributed by atoms with Crippen molar-refractivity contribution in [1.82, 2.24) is 0 Å². The summed E-state index contributed by atoms with van der Waals surface area (Å²) in [5.41, 5.74) is 3.63. The zero-order chi connectivity index (χ0) is 15.8. The van der Waals surface area contributed by atoms with E-state index in [0.717, 1.165) is 35.3 Å². The number of hydrogen-bond donors (Lipinski definition) is 0. The number of ether oxygens (including phenoxy) is 1. The van der Waals surface area contributed by atoms with Gasteiger partial charge in [-0.3, -0.25) is 4.79 Å². The molecular formula is C20H16O3. The number of methoxy groups -OCH3 is 1. The van der Waals surface area contributed by atoms with Gasteiger partial charge in [0.25, 0.3) is 0 Å². The fourth-order valence-corrected chi connectivity index (χ4v) is 3.09. The number of benzene rings is 2. The Kier molecular flexibility index (Phi) is 3.27. The quantitative estimate of drug-likeness (QED) is 0.709. The molecule has 0 saturated carbocycles. The number of rotatable bonds is 2. The molecule has 0 amide bonds. The largest absolute Gasteiger partial charge is 0.497 e. The second-order valence-electron chi connectivity index (χ2n) is 5.68. The van der Waals surface area contributed by atoms with E-state index in [0.29, 0.717) is 16.7 Å². The average molecular weight is 304 g/mol. The van der Waals surface area contributed by atoms with Gasteiger partial charge in [-0.2, -0.15) is 0 Å². The molecule has 1 aromatic heterocycles. The highest BCUT2D eigenvalue weighted by atomic mass is 16.5. The maximum atomic E-state index is 12.7. The molecule has 4 rings (SSSR count). The van der Waals surface area contributed by atoms with Crippen LogP contribution in [-0.2, 0) is 6.42 Å². The van der Waals surface area contributed by atoms with Gasteiger partial charge in [0.05, 0.1) is 12.5 Å². The first kappa shape index (κ1) is 13.8. The van der Waals surface area contributed by atoms with E-state index >= 15 is 0 Å². The highest BCUT2D eigenvalue weighted by Gasteiger charge is 2.24. The lowest BCUT2D eigenvalue weighted by Gasteiger charge is -2.05. The van der Waals surface area contributed by atoms with Gasteiger partial charge < -0.3 is 9.15 Å². The van der Waals surface area contributed by atoms with Crippen LogP contribution in [0.3, 0.4) is 0 Å². The van der Waals surface area contributed by atoms with Crippen LogP contribution in [0.25, 0.3) is 22.6 Å². The zero-order valence-electron chi connectivity index (χ0n) is 12.8. The van der Waals surface area contributed by atoms with E-state index in [2.05, 4.69) is 18.2 Å². The van der Waals surface area contributed by atoms with Crippen molar-refractivity contribution in [2.24, 2.45) is 0 Å². The van der Waals surface area contributed by atoms with Crippen LogP contribution < -0.4 is 10.2 Å². The third-order valence-corrected chi connectivity index (χ3v) is 4.27. The van der Waals surface area contributed by atoms with Crippen molar-refractivity contribution >= 4 is 22.6 Å². The molecule has 0 N–H and O–H groups in total. The summed E-state index contributed by atoms with van der Waals surface area (Å²) in [6.07, 6.45) is 3.66. The Morgan fingerprint density at radius 2 is 1.91 bits per heavy atom. The first-order chi connectivity index (χ1) is 11.3. The van der Waals surface area contributed by atoms with E-state index in [9.17, 15) is 4.79 Å². The van der Waals surface area contributed by atoms with Gasteiger partial charge in [-0.1, -0.05) is 30.3 Å². The summed E-state index contributed by atoms with van der Waals surface area (Å²) < 4.78 is 11.3. The Bertz CT molecular complexity index is 965. The minimum Gasteiger partial charge on any atom is -0.497 e. The average Bonchev–Trinajstić information content (AvgIpc) is 2.99. The summed E-state index contributed by atoms with van der Waals surface area (Å²) in [5, 5.41) is 0.587. The molecule has 114 valence electrons. The van der Waals surface area contributed by atoms with Crippen molar-refractivity contribution in [3.05, 3.63) is 75.6 Å². The molecule has 1 heterocycles. The van der Waals surface area contributed by atoms with Crippen molar-refractivity contribution < 1.29 is 9.15 Å². The van der Waals surface area contributed by atoms with E-state index in [1.165, 1.54) is 0 Å². The van der Waals surface area contributed by atoms with Crippen LogP contribution in [0.15, 0.2) is 57.7 Å². The minimum absolute atomic E-state index is 0.0524. The second-order valence-corrected chi connectivity index (χ2v) is 5.68. The van der Waals surface area contributed by atoms with Gasteiger partial charge in [0.1, 0.15) is 17.1 Å². The molecule has 0 spiro atoms. The van der Waals surface area contributed by atoms with Gasteiger partial charge in [0.2, 0.25) is 0 Å². The van der Waals surface area contributed by atoms with E-state index in [4.69, 9.17) is 9.15 Å². The highest BCUT2D eigenvalue weighted by molar-refractivity contribution is 5.87. The first-order valence-electron chi connectivity index (χ1n) is 7.66. The van der Waals surface area contributed by atoms with Gasteiger partial charge in [0, 0.05) is 5.56 Å². The normalized spacial score (nSPS) is 15.1. The Morgan fingerprint density at radius 3 is 2.70 bits per heavy atom. The molecule has 1 aliphatic carbocycles. The zero-order valence-corrected chi connectivity index (χ0v) is 12.8. The highest BCUT2D eigenvalue weighted by Crippen LogP contribution is 2.34. The molecular weight excluding hydrogens is 288 g/mol. The molecule has 0 unspecified atom stereocenters. The maximum Gasteiger partial charge on any atom is 0.196 e. The Labute approximate surface area is 133 Å². The topological polar surface area (TPSA) is 39.4 Å². The van der Waals surface area contributed by atoms with Gasteiger partial charge >= 0.3 is 0 Å². The summed E-state index contributed by atoms with van der Waals surface area (Å²) in [5.74, 6) is 1.40. The summed E-state index contributed by atoms with van der Waals surface area (Å²) in [7, 11) is 1.59. The van der Waals surface area contributed by atoms with Crippen molar-refractivity contribution in [2.75, 3.05) is 7.11 Å². The predicted octanol–water partition coefficient (Wildman–Crippen LogP) is 4.29. The summed E-state index contributed by atoms with van der Waals surface area (Å²) in [6, 6.07) is 15.5. The van der Waals surface area contributed by atoms with Crippen molar-refractivity contribution in [1.29, 1.82) is 0 Å². The molecule has 0 aliphatic heterocycles. The number of hydrogen-bond acceptors (Lipinski definition) is 3. The third kappa shape index (κ3) is 2.34. The first-order valence-corrected chi connectivity index (χ1v) is 7.66. The maximum absolute atomic E-state index is 12.7. The van der Waals surface area contributed by atoms with Crippen LogP contribution in [0.5, 0.6) is 5.75 Å². The Balaban J connectivity index is 1.90. The molecule has 0 atom stereocenters. The van der Waals surface area contributed by atoms with E-state index < -0.39 is 0 Å². The molecule has 23 heavy (non-hydrogen) atoms. The second kappa shape index (κ2) is 5.43. The molecule has 0 radical (unpaired) electrons.